The van der Waals surface area contributed by atoms with Crippen LogP contribution in [0.15, 0.2) is 72.4 Å². The number of benzene rings is 2. The number of ether oxygens (including phenoxy) is 1. The zero-order valence-electron chi connectivity index (χ0n) is 15.1. The maximum atomic E-state index is 12.5. The van der Waals surface area contributed by atoms with Crippen LogP contribution in [0.3, 0.4) is 0 Å². The maximum Gasteiger partial charge on any atom is 0.266 e. The van der Waals surface area contributed by atoms with Gasteiger partial charge in [-0.25, -0.2) is 0 Å². The van der Waals surface area contributed by atoms with Crippen molar-refractivity contribution in [3.63, 3.8) is 0 Å². The first-order chi connectivity index (χ1) is 14.1. The number of pyridine rings is 1. The van der Waals surface area contributed by atoms with Crippen LogP contribution in [0.4, 0.5) is 5.69 Å². The first-order valence-electron chi connectivity index (χ1n) is 8.57. The van der Waals surface area contributed by atoms with E-state index in [-0.39, 0.29) is 17.2 Å². The Morgan fingerprint density at radius 1 is 1.10 bits per heavy atom. The van der Waals surface area contributed by atoms with Gasteiger partial charge in [-0.2, -0.15) is 5.26 Å². The zero-order valence-corrected chi connectivity index (χ0v) is 16.6. The van der Waals surface area contributed by atoms with Crippen LogP contribution in [0.1, 0.15) is 11.3 Å². The molecule has 1 amide bonds. The van der Waals surface area contributed by atoms with Crippen molar-refractivity contribution in [2.45, 2.75) is 6.61 Å². The number of nitriles is 1. The largest absolute Gasteiger partial charge is 0.487 e. The van der Waals surface area contributed by atoms with Crippen molar-refractivity contribution in [2.75, 3.05) is 5.32 Å². The molecule has 0 aliphatic carbocycles. The number of amides is 1. The van der Waals surface area contributed by atoms with Crippen LogP contribution in [0.2, 0.25) is 10.0 Å². The summed E-state index contributed by atoms with van der Waals surface area (Å²) in [5.74, 6) is -0.0734. The molecule has 0 saturated carbocycles. The Hall–Kier alpha value is -3.33. The first kappa shape index (κ1) is 20.4. The van der Waals surface area contributed by atoms with E-state index < -0.39 is 5.91 Å². The predicted octanol–water partition coefficient (Wildman–Crippen LogP) is 5.51. The Balaban J connectivity index is 1.81. The van der Waals surface area contributed by atoms with Crippen LogP contribution in [-0.4, -0.2) is 10.9 Å². The number of hydrogen-bond acceptors (Lipinski definition) is 4. The maximum absolute atomic E-state index is 12.5. The molecule has 3 aromatic rings. The topological polar surface area (TPSA) is 75.0 Å². The van der Waals surface area contributed by atoms with Gasteiger partial charge < -0.3 is 10.1 Å². The standard InChI is InChI=1S/C22H15Cl2N3O2/c23-18-8-5-9-19(21(18)24)27-22(28)16(13-25)12-15-6-1-2-10-20(15)29-14-17-7-3-4-11-26-17/h1-12H,14H2,(H,27,28)/b16-12+. The average molecular weight is 424 g/mol. The normalized spacial score (nSPS) is 10.9. The first-order valence-corrected chi connectivity index (χ1v) is 9.33. The minimum atomic E-state index is -0.601. The molecule has 2 aromatic carbocycles. The third kappa shape index (κ3) is 5.35. The highest BCUT2D eigenvalue weighted by atomic mass is 35.5. The van der Waals surface area contributed by atoms with Gasteiger partial charge in [-0.15, -0.1) is 0 Å². The highest BCUT2D eigenvalue weighted by Crippen LogP contribution is 2.30. The fourth-order valence-electron chi connectivity index (χ4n) is 2.46. The number of hydrogen-bond donors (Lipinski definition) is 1. The highest BCUT2D eigenvalue weighted by molar-refractivity contribution is 6.44. The molecule has 144 valence electrons. The van der Waals surface area contributed by atoms with Crippen molar-refractivity contribution in [3.8, 4) is 11.8 Å². The summed E-state index contributed by atoms with van der Waals surface area (Å²) in [4.78, 5) is 16.8. The summed E-state index contributed by atoms with van der Waals surface area (Å²) in [6, 6.07) is 19.4. The van der Waals surface area contributed by atoms with Crippen LogP contribution >= 0.6 is 23.2 Å². The molecule has 1 aromatic heterocycles. The number of anilines is 1. The molecule has 0 aliphatic heterocycles. The summed E-state index contributed by atoms with van der Waals surface area (Å²) in [6.07, 6.45) is 3.14. The van der Waals surface area contributed by atoms with E-state index in [1.165, 1.54) is 6.08 Å². The number of nitrogens with zero attached hydrogens (tertiary/aromatic N) is 2. The lowest BCUT2D eigenvalue weighted by Crippen LogP contribution is -2.14. The van der Waals surface area contributed by atoms with Crippen LogP contribution < -0.4 is 10.1 Å². The van der Waals surface area contributed by atoms with Gasteiger partial charge >= 0.3 is 0 Å². The molecule has 1 heterocycles. The van der Waals surface area contributed by atoms with Gasteiger partial charge in [0.2, 0.25) is 0 Å². The van der Waals surface area contributed by atoms with Gasteiger partial charge in [0.25, 0.3) is 5.91 Å². The fourth-order valence-corrected chi connectivity index (χ4v) is 2.81. The molecule has 0 fully saturated rings. The molecule has 0 unspecified atom stereocenters. The van der Waals surface area contributed by atoms with Gasteiger partial charge in [-0.3, -0.25) is 9.78 Å². The van der Waals surface area contributed by atoms with Crippen molar-refractivity contribution in [2.24, 2.45) is 0 Å². The Kier molecular flexibility index (Phi) is 6.85. The number of carbonyl (C=O) groups is 1. The third-order valence-corrected chi connectivity index (χ3v) is 4.70. The fraction of sp³-hybridized carbons (Fsp3) is 0.0455. The molecule has 0 bridgehead atoms. The number of carbonyl (C=O) groups excluding carboxylic acids is 1. The summed E-state index contributed by atoms with van der Waals surface area (Å²) in [6.45, 7) is 0.262. The monoisotopic (exact) mass is 423 g/mol. The zero-order chi connectivity index (χ0) is 20.6. The molecule has 0 saturated heterocycles. The number of para-hydroxylation sites is 1. The number of nitrogens with one attached hydrogen (secondary N) is 1. The Morgan fingerprint density at radius 2 is 1.90 bits per heavy atom. The Bertz CT molecular complexity index is 1090. The van der Waals surface area contributed by atoms with Crippen LogP contribution in [0.5, 0.6) is 5.75 Å². The van der Waals surface area contributed by atoms with Gasteiger partial charge in [0, 0.05) is 11.8 Å². The lowest BCUT2D eigenvalue weighted by molar-refractivity contribution is -0.112. The molecule has 1 N–H and O–H groups in total. The second-order valence-electron chi connectivity index (χ2n) is 5.87. The number of rotatable bonds is 6. The minimum Gasteiger partial charge on any atom is -0.487 e. The van der Waals surface area contributed by atoms with E-state index in [1.807, 2.05) is 30.3 Å². The van der Waals surface area contributed by atoms with Gasteiger partial charge in [0.05, 0.1) is 21.4 Å². The summed E-state index contributed by atoms with van der Waals surface area (Å²) < 4.78 is 5.81. The predicted molar refractivity (Wildman–Crippen MR) is 114 cm³/mol. The van der Waals surface area contributed by atoms with E-state index in [0.717, 1.165) is 5.69 Å². The van der Waals surface area contributed by atoms with E-state index in [2.05, 4.69) is 10.3 Å². The Labute approximate surface area is 178 Å². The number of halogens is 2. The molecular weight excluding hydrogens is 409 g/mol. The van der Waals surface area contributed by atoms with Crippen molar-refractivity contribution in [1.82, 2.24) is 4.98 Å². The molecule has 0 radical (unpaired) electrons. The van der Waals surface area contributed by atoms with Crippen LogP contribution in [0, 0.1) is 11.3 Å². The van der Waals surface area contributed by atoms with E-state index >= 15 is 0 Å². The van der Waals surface area contributed by atoms with Gasteiger partial charge in [0.15, 0.2) is 0 Å². The SMILES string of the molecule is N#C/C(=C\c1ccccc1OCc1ccccn1)C(=O)Nc1cccc(Cl)c1Cl. The molecule has 0 spiro atoms. The summed E-state index contributed by atoms with van der Waals surface area (Å²) >= 11 is 12.1. The molecule has 29 heavy (non-hydrogen) atoms. The van der Waals surface area contributed by atoms with Gasteiger partial charge in [-0.1, -0.05) is 53.5 Å². The second-order valence-corrected chi connectivity index (χ2v) is 6.66. The van der Waals surface area contributed by atoms with Gasteiger partial charge in [-0.05, 0) is 36.4 Å². The summed E-state index contributed by atoms with van der Waals surface area (Å²) in [5, 5.41) is 12.6. The Morgan fingerprint density at radius 3 is 2.66 bits per heavy atom. The van der Waals surface area contributed by atoms with Crippen molar-refractivity contribution >= 4 is 40.9 Å². The molecule has 0 atom stereocenters. The van der Waals surface area contributed by atoms with Crippen LogP contribution in [-0.2, 0) is 11.4 Å². The van der Waals surface area contributed by atoms with Crippen molar-refractivity contribution < 1.29 is 9.53 Å². The quantitative estimate of drug-likeness (QED) is 0.418. The lowest BCUT2D eigenvalue weighted by Gasteiger charge is -2.10. The lowest BCUT2D eigenvalue weighted by atomic mass is 10.1. The van der Waals surface area contributed by atoms with Crippen molar-refractivity contribution in [1.29, 1.82) is 5.26 Å². The minimum absolute atomic E-state index is 0.102. The molecule has 0 aliphatic rings. The summed E-state index contributed by atoms with van der Waals surface area (Å²) in [7, 11) is 0. The molecule has 3 rings (SSSR count). The van der Waals surface area contributed by atoms with Gasteiger partial charge in [0.1, 0.15) is 24.0 Å². The van der Waals surface area contributed by atoms with E-state index in [4.69, 9.17) is 27.9 Å². The second kappa shape index (κ2) is 9.74. The smallest absolute Gasteiger partial charge is 0.266 e. The number of aromatic nitrogens is 1. The highest BCUT2D eigenvalue weighted by Gasteiger charge is 2.14. The third-order valence-electron chi connectivity index (χ3n) is 3.89. The summed E-state index contributed by atoms with van der Waals surface area (Å²) in [5.41, 5.74) is 1.58. The van der Waals surface area contributed by atoms with E-state index in [0.29, 0.717) is 22.0 Å². The van der Waals surface area contributed by atoms with E-state index in [9.17, 15) is 10.1 Å². The van der Waals surface area contributed by atoms with Crippen molar-refractivity contribution in [3.05, 3.63) is 93.7 Å². The molecular formula is C22H15Cl2N3O2. The van der Waals surface area contributed by atoms with Crippen LogP contribution in [0.25, 0.3) is 6.08 Å². The molecule has 5 nitrogen and oxygen atoms in total. The van der Waals surface area contributed by atoms with E-state index in [1.54, 1.807) is 42.6 Å². The molecule has 7 heteroatoms. The average Bonchev–Trinajstić information content (AvgIpc) is 2.75.